The lowest BCUT2D eigenvalue weighted by Crippen LogP contribution is -2.28. The number of hydrogen-bond donors (Lipinski definition) is 0. The summed E-state index contributed by atoms with van der Waals surface area (Å²) in [5, 5.41) is 5.44. The Labute approximate surface area is 310 Å². The summed E-state index contributed by atoms with van der Waals surface area (Å²) in [6.45, 7) is 0. The Balaban J connectivity index is 1.21. The van der Waals surface area contributed by atoms with E-state index < -0.39 is 5.41 Å². The standard InChI is InChI=1S/C49H29ClOS/c50-47-39(29-38(46-37-19-9-12-22-45(37)52-48(46)47)30-24-26-44-40(27-30)36-18-8-11-21-43(36)51-44)31-23-25-35-34-17-7-10-20-41(34)49(42(35)28-31,32-13-3-1-4-14-32)33-15-5-2-6-16-33/h1-29H. The quantitative estimate of drug-likeness (QED) is 0.178. The maximum Gasteiger partial charge on any atom is 0.135 e. The third-order valence-corrected chi connectivity index (χ3v) is 12.7. The molecule has 244 valence electrons. The molecular weight excluding hydrogens is 672 g/mol. The van der Waals surface area contributed by atoms with Gasteiger partial charge in [0.05, 0.1) is 15.1 Å². The first-order chi connectivity index (χ1) is 25.7. The zero-order valence-corrected chi connectivity index (χ0v) is 29.5. The van der Waals surface area contributed by atoms with Gasteiger partial charge in [-0.3, -0.25) is 0 Å². The van der Waals surface area contributed by atoms with Gasteiger partial charge in [0, 0.05) is 31.8 Å². The van der Waals surface area contributed by atoms with E-state index in [0.29, 0.717) is 0 Å². The number of furan rings is 1. The minimum atomic E-state index is -0.491. The monoisotopic (exact) mass is 700 g/mol. The van der Waals surface area contributed by atoms with Crippen LogP contribution in [0.2, 0.25) is 5.02 Å². The molecule has 52 heavy (non-hydrogen) atoms. The zero-order valence-electron chi connectivity index (χ0n) is 27.9. The molecule has 8 aromatic carbocycles. The van der Waals surface area contributed by atoms with Crippen LogP contribution in [0.5, 0.6) is 0 Å². The molecule has 0 saturated heterocycles. The van der Waals surface area contributed by atoms with Gasteiger partial charge >= 0.3 is 0 Å². The summed E-state index contributed by atoms with van der Waals surface area (Å²) in [6.07, 6.45) is 0. The summed E-state index contributed by atoms with van der Waals surface area (Å²) in [5.74, 6) is 0. The molecule has 0 spiro atoms. The molecule has 1 nitrogen and oxygen atoms in total. The van der Waals surface area contributed by atoms with E-state index in [-0.39, 0.29) is 0 Å². The van der Waals surface area contributed by atoms with Gasteiger partial charge in [-0.25, -0.2) is 0 Å². The Morgan fingerprint density at radius 1 is 0.442 bits per heavy atom. The van der Waals surface area contributed by atoms with E-state index in [4.69, 9.17) is 16.0 Å². The fourth-order valence-corrected chi connectivity index (χ4v) is 10.4. The van der Waals surface area contributed by atoms with Crippen LogP contribution in [-0.4, -0.2) is 0 Å². The van der Waals surface area contributed by atoms with Crippen molar-refractivity contribution in [2.75, 3.05) is 0 Å². The van der Waals surface area contributed by atoms with Gasteiger partial charge in [0.2, 0.25) is 0 Å². The lowest BCUT2D eigenvalue weighted by molar-refractivity contribution is 0.669. The summed E-state index contributed by atoms with van der Waals surface area (Å²) in [6, 6.07) is 63.7. The second-order valence-corrected chi connectivity index (χ2v) is 15.1. The first-order valence-corrected chi connectivity index (χ1v) is 18.8. The lowest BCUT2D eigenvalue weighted by Gasteiger charge is -2.34. The molecule has 0 fully saturated rings. The van der Waals surface area contributed by atoms with Crippen LogP contribution >= 0.6 is 22.9 Å². The number of para-hydroxylation sites is 1. The molecule has 0 bridgehead atoms. The van der Waals surface area contributed by atoms with E-state index in [2.05, 4.69) is 164 Å². The van der Waals surface area contributed by atoms with Crippen molar-refractivity contribution in [2.45, 2.75) is 5.41 Å². The van der Waals surface area contributed by atoms with Crippen molar-refractivity contribution < 1.29 is 4.42 Å². The molecule has 0 aliphatic heterocycles. The second kappa shape index (κ2) is 11.3. The van der Waals surface area contributed by atoms with Gasteiger partial charge in [0.1, 0.15) is 11.2 Å². The van der Waals surface area contributed by atoms with E-state index in [0.717, 1.165) is 48.4 Å². The van der Waals surface area contributed by atoms with Gasteiger partial charge in [-0.15, -0.1) is 11.3 Å². The number of rotatable bonds is 4. The van der Waals surface area contributed by atoms with Crippen molar-refractivity contribution in [1.82, 2.24) is 0 Å². The van der Waals surface area contributed by atoms with Gasteiger partial charge in [-0.2, -0.15) is 0 Å². The zero-order chi connectivity index (χ0) is 34.4. The summed E-state index contributed by atoms with van der Waals surface area (Å²) >= 11 is 9.38. The molecule has 2 heterocycles. The third-order valence-electron chi connectivity index (χ3n) is 11.0. The highest BCUT2D eigenvalue weighted by atomic mass is 35.5. The van der Waals surface area contributed by atoms with Crippen LogP contribution in [0.4, 0.5) is 0 Å². The van der Waals surface area contributed by atoms with Crippen LogP contribution in [-0.2, 0) is 5.41 Å². The second-order valence-electron chi connectivity index (χ2n) is 13.7. The van der Waals surface area contributed by atoms with Gasteiger partial charge in [-0.1, -0.05) is 151 Å². The van der Waals surface area contributed by atoms with E-state index in [1.807, 2.05) is 12.1 Å². The fourth-order valence-electron chi connectivity index (χ4n) is 8.81. The molecule has 0 amide bonds. The van der Waals surface area contributed by atoms with Gasteiger partial charge in [-0.05, 0) is 86.5 Å². The molecule has 0 atom stereocenters. The van der Waals surface area contributed by atoms with Crippen LogP contribution in [0.3, 0.4) is 0 Å². The van der Waals surface area contributed by atoms with Crippen molar-refractivity contribution in [3.05, 3.63) is 203 Å². The summed E-state index contributed by atoms with van der Waals surface area (Å²) in [4.78, 5) is 0. The molecule has 0 N–H and O–H groups in total. The Morgan fingerprint density at radius 3 is 1.87 bits per heavy atom. The average molecular weight is 701 g/mol. The van der Waals surface area contributed by atoms with Gasteiger partial charge in [0.15, 0.2) is 0 Å². The smallest absolute Gasteiger partial charge is 0.135 e. The van der Waals surface area contributed by atoms with Crippen LogP contribution in [0.15, 0.2) is 180 Å². The largest absolute Gasteiger partial charge is 0.456 e. The number of halogens is 1. The van der Waals surface area contributed by atoms with E-state index in [1.165, 1.54) is 54.4 Å². The first kappa shape index (κ1) is 29.8. The highest BCUT2D eigenvalue weighted by molar-refractivity contribution is 7.26. The first-order valence-electron chi connectivity index (χ1n) is 17.6. The average Bonchev–Trinajstić information content (AvgIpc) is 3.87. The van der Waals surface area contributed by atoms with Crippen molar-refractivity contribution in [3.63, 3.8) is 0 Å². The van der Waals surface area contributed by atoms with Crippen molar-refractivity contribution >= 4 is 65.0 Å². The number of thiophene rings is 1. The Morgan fingerprint density at radius 2 is 1.06 bits per heavy atom. The van der Waals surface area contributed by atoms with Gasteiger partial charge < -0.3 is 4.42 Å². The van der Waals surface area contributed by atoms with Crippen molar-refractivity contribution in [3.8, 4) is 33.4 Å². The van der Waals surface area contributed by atoms with E-state index in [1.54, 1.807) is 11.3 Å². The molecule has 0 unspecified atom stereocenters. The molecule has 0 saturated carbocycles. The Bertz CT molecular complexity index is 2990. The van der Waals surface area contributed by atoms with E-state index >= 15 is 0 Å². The van der Waals surface area contributed by atoms with Crippen LogP contribution in [0.1, 0.15) is 22.3 Å². The summed E-state index contributed by atoms with van der Waals surface area (Å²) < 4.78 is 8.57. The number of fused-ring (bicyclic) bond motifs is 9. The molecular formula is C49H29ClOS. The predicted octanol–water partition coefficient (Wildman–Crippen LogP) is 14.3. The molecule has 0 radical (unpaired) electrons. The molecule has 1 aliphatic carbocycles. The SMILES string of the molecule is Clc1c(-c2ccc3c(c2)C(c2ccccc2)(c2ccccc2)c2ccccc2-3)cc(-c2ccc3oc4ccccc4c3c2)c2c1sc1ccccc12. The minimum absolute atomic E-state index is 0.491. The van der Waals surface area contributed by atoms with Crippen LogP contribution in [0.25, 0.3) is 75.5 Å². The molecule has 10 aromatic rings. The highest BCUT2D eigenvalue weighted by Crippen LogP contribution is 2.57. The predicted molar refractivity (Wildman–Crippen MR) is 220 cm³/mol. The Kier molecular flexibility index (Phi) is 6.46. The molecule has 1 aliphatic rings. The van der Waals surface area contributed by atoms with E-state index in [9.17, 15) is 0 Å². The van der Waals surface area contributed by atoms with Crippen molar-refractivity contribution in [1.29, 1.82) is 0 Å². The number of benzene rings is 8. The third kappa shape index (κ3) is 4.11. The number of hydrogen-bond acceptors (Lipinski definition) is 2. The maximum absolute atomic E-state index is 7.60. The summed E-state index contributed by atoms with van der Waals surface area (Å²) in [7, 11) is 0. The molecule has 11 rings (SSSR count). The van der Waals surface area contributed by atoms with Crippen molar-refractivity contribution in [2.24, 2.45) is 0 Å². The molecule has 3 heteroatoms. The molecule has 2 aromatic heterocycles. The van der Waals surface area contributed by atoms with Crippen LogP contribution < -0.4 is 0 Å². The fraction of sp³-hybridized carbons (Fsp3) is 0.0204. The topological polar surface area (TPSA) is 13.1 Å². The van der Waals surface area contributed by atoms with Gasteiger partial charge in [0.25, 0.3) is 0 Å². The maximum atomic E-state index is 7.60. The lowest BCUT2D eigenvalue weighted by atomic mass is 9.67. The Hall–Kier alpha value is -5.93. The van der Waals surface area contributed by atoms with Crippen LogP contribution in [0, 0.1) is 0 Å². The highest BCUT2D eigenvalue weighted by Gasteiger charge is 2.46. The normalized spacial score (nSPS) is 13.2. The summed E-state index contributed by atoms with van der Waals surface area (Å²) in [5.41, 5.74) is 13.3. The minimum Gasteiger partial charge on any atom is -0.456 e.